The number of carbonyl (C=O) groups is 1. The van der Waals surface area contributed by atoms with Gasteiger partial charge in [-0.05, 0) is 25.1 Å². The van der Waals surface area contributed by atoms with Crippen molar-refractivity contribution in [2.45, 2.75) is 26.0 Å². The third kappa shape index (κ3) is 6.95. The Hall–Kier alpha value is -0.850. The molecule has 1 amide bonds. The summed E-state index contributed by atoms with van der Waals surface area (Å²) < 4.78 is 5.71. The summed E-state index contributed by atoms with van der Waals surface area (Å²) in [4.78, 5) is 16.9. The molecule has 1 fully saturated rings. The van der Waals surface area contributed by atoms with Crippen molar-refractivity contribution >= 4 is 30.7 Å². The molecule has 138 valence electrons. The Morgan fingerprint density at radius 1 is 1.33 bits per heavy atom. The highest BCUT2D eigenvalue weighted by Crippen LogP contribution is 2.12. The molecule has 1 aromatic carbocycles. The van der Waals surface area contributed by atoms with E-state index in [1.54, 1.807) is 0 Å². The molecule has 0 spiro atoms. The second-order valence-corrected chi connectivity index (χ2v) is 5.64. The second-order valence-electron chi connectivity index (χ2n) is 5.64. The maximum absolute atomic E-state index is 12.8. The molecule has 24 heavy (non-hydrogen) atoms. The highest BCUT2D eigenvalue weighted by molar-refractivity contribution is 5.85. The summed E-state index contributed by atoms with van der Waals surface area (Å²) in [6.45, 7) is 7.16. The highest BCUT2D eigenvalue weighted by atomic mass is 35.5. The fourth-order valence-electron chi connectivity index (χ4n) is 2.70. The van der Waals surface area contributed by atoms with Crippen molar-refractivity contribution in [3.63, 3.8) is 0 Å². The Balaban J connectivity index is 0.00000264. The molecular weight excluding hydrogens is 349 g/mol. The molecule has 1 atom stereocenters. The molecule has 1 saturated heterocycles. The number of halogens is 2. The summed E-state index contributed by atoms with van der Waals surface area (Å²) in [5.74, 6) is 0.0791. The van der Waals surface area contributed by atoms with Gasteiger partial charge in [-0.15, -0.1) is 24.8 Å². The first-order valence-electron chi connectivity index (χ1n) is 8.11. The Morgan fingerprint density at radius 2 is 2.04 bits per heavy atom. The van der Waals surface area contributed by atoms with E-state index in [4.69, 9.17) is 10.5 Å². The van der Waals surface area contributed by atoms with Crippen LogP contribution < -0.4 is 5.73 Å². The number of nitrogens with two attached hydrogens (primary N) is 1. The lowest BCUT2D eigenvalue weighted by molar-refractivity contribution is -0.150. The molecule has 0 bridgehead atoms. The number of carbonyl (C=O) groups excluding carboxylic acids is 1. The number of benzene rings is 1. The maximum Gasteiger partial charge on any atom is 0.253 e. The van der Waals surface area contributed by atoms with Crippen molar-refractivity contribution in [1.82, 2.24) is 9.80 Å². The molecule has 0 aromatic heterocycles. The Bertz CT molecular complexity index is 462. The summed E-state index contributed by atoms with van der Waals surface area (Å²) in [5, 5.41) is 0. The van der Waals surface area contributed by atoms with Crippen LogP contribution in [0.25, 0.3) is 0 Å². The summed E-state index contributed by atoms with van der Waals surface area (Å²) in [6, 6.07) is 10.1. The average molecular weight is 378 g/mol. The number of ether oxygens (including phenoxy) is 1. The van der Waals surface area contributed by atoms with Gasteiger partial charge in [0.2, 0.25) is 0 Å². The summed E-state index contributed by atoms with van der Waals surface area (Å²) in [6.07, 6.45) is 0.457. The SMILES string of the molecule is CCN1CCOC(C(=O)N(CCCN)Cc2ccccc2)C1.Cl.Cl. The van der Waals surface area contributed by atoms with Crippen molar-refractivity contribution in [2.24, 2.45) is 5.73 Å². The van der Waals surface area contributed by atoms with E-state index in [9.17, 15) is 4.79 Å². The zero-order chi connectivity index (χ0) is 15.8. The first kappa shape index (κ1) is 23.1. The zero-order valence-corrected chi connectivity index (χ0v) is 15.9. The molecule has 5 nitrogen and oxygen atoms in total. The Labute approximate surface area is 157 Å². The van der Waals surface area contributed by atoms with Crippen molar-refractivity contribution in [3.05, 3.63) is 35.9 Å². The van der Waals surface area contributed by atoms with Crippen LogP contribution in [0.5, 0.6) is 0 Å². The van der Waals surface area contributed by atoms with E-state index in [-0.39, 0.29) is 36.8 Å². The predicted octanol–water partition coefficient (Wildman–Crippen LogP) is 1.93. The van der Waals surface area contributed by atoms with Gasteiger partial charge in [0.15, 0.2) is 0 Å². The molecule has 2 N–H and O–H groups in total. The van der Waals surface area contributed by atoms with Gasteiger partial charge in [0.25, 0.3) is 5.91 Å². The summed E-state index contributed by atoms with van der Waals surface area (Å²) in [7, 11) is 0. The van der Waals surface area contributed by atoms with Crippen LogP contribution in [0.1, 0.15) is 18.9 Å². The second kappa shape index (κ2) is 12.5. The van der Waals surface area contributed by atoms with Gasteiger partial charge in [-0.2, -0.15) is 0 Å². The van der Waals surface area contributed by atoms with Crippen molar-refractivity contribution < 1.29 is 9.53 Å². The van der Waals surface area contributed by atoms with Crippen molar-refractivity contribution in [3.8, 4) is 0 Å². The minimum absolute atomic E-state index is 0. The number of amides is 1. The van der Waals surface area contributed by atoms with Gasteiger partial charge in [-0.25, -0.2) is 0 Å². The van der Waals surface area contributed by atoms with Crippen LogP contribution in [0.3, 0.4) is 0 Å². The first-order chi connectivity index (χ1) is 10.7. The molecule has 1 unspecified atom stereocenters. The number of likely N-dealkylation sites (N-methyl/N-ethyl adjacent to an activating group) is 1. The van der Waals surface area contributed by atoms with Crippen molar-refractivity contribution in [1.29, 1.82) is 0 Å². The lowest BCUT2D eigenvalue weighted by Gasteiger charge is -2.34. The minimum atomic E-state index is -0.352. The van der Waals surface area contributed by atoms with Gasteiger partial charge >= 0.3 is 0 Å². The smallest absolute Gasteiger partial charge is 0.253 e. The summed E-state index contributed by atoms with van der Waals surface area (Å²) in [5.41, 5.74) is 6.75. The Kier molecular flexibility index (Phi) is 12.1. The lowest BCUT2D eigenvalue weighted by Crippen LogP contribution is -2.51. The Morgan fingerprint density at radius 3 is 2.67 bits per heavy atom. The fourth-order valence-corrected chi connectivity index (χ4v) is 2.70. The van der Waals surface area contributed by atoms with Crippen LogP contribution in [-0.2, 0) is 16.1 Å². The molecule has 2 rings (SSSR count). The third-order valence-electron chi connectivity index (χ3n) is 4.03. The number of morpholine rings is 1. The van der Waals surface area contributed by atoms with Gasteiger partial charge in [0, 0.05) is 26.2 Å². The standard InChI is InChI=1S/C17H27N3O2.2ClH/c1-2-19-11-12-22-16(14-19)17(21)20(10-6-9-18)13-15-7-4-3-5-8-15;;/h3-5,7-8,16H,2,6,9-14,18H2,1H3;2*1H. The van der Waals surface area contributed by atoms with E-state index in [1.807, 2.05) is 35.2 Å². The van der Waals surface area contributed by atoms with Crippen molar-refractivity contribution in [2.75, 3.05) is 39.3 Å². The summed E-state index contributed by atoms with van der Waals surface area (Å²) >= 11 is 0. The minimum Gasteiger partial charge on any atom is -0.366 e. The van der Waals surface area contributed by atoms with E-state index >= 15 is 0 Å². The largest absolute Gasteiger partial charge is 0.366 e. The van der Waals surface area contributed by atoms with Gasteiger partial charge < -0.3 is 15.4 Å². The maximum atomic E-state index is 12.8. The first-order valence-corrected chi connectivity index (χ1v) is 8.11. The number of nitrogens with zero attached hydrogens (tertiary/aromatic N) is 2. The van der Waals surface area contributed by atoms with Crippen LogP contribution in [0.2, 0.25) is 0 Å². The topological polar surface area (TPSA) is 58.8 Å². The highest BCUT2D eigenvalue weighted by Gasteiger charge is 2.29. The van der Waals surface area contributed by atoms with E-state index in [0.717, 1.165) is 25.1 Å². The van der Waals surface area contributed by atoms with Gasteiger partial charge in [-0.1, -0.05) is 37.3 Å². The average Bonchev–Trinajstić information content (AvgIpc) is 2.59. The number of hydrogen-bond acceptors (Lipinski definition) is 4. The molecule has 0 aliphatic carbocycles. The lowest BCUT2D eigenvalue weighted by atomic mass is 10.1. The molecule has 1 heterocycles. The predicted molar refractivity (Wildman–Crippen MR) is 102 cm³/mol. The number of rotatable bonds is 7. The van der Waals surface area contributed by atoms with Crippen LogP contribution in [0, 0.1) is 0 Å². The third-order valence-corrected chi connectivity index (χ3v) is 4.03. The van der Waals surface area contributed by atoms with Gasteiger partial charge in [0.1, 0.15) is 6.10 Å². The van der Waals surface area contributed by atoms with E-state index in [2.05, 4.69) is 11.8 Å². The number of hydrogen-bond donors (Lipinski definition) is 1. The quantitative estimate of drug-likeness (QED) is 0.788. The van der Waals surface area contributed by atoms with Gasteiger partial charge in [-0.3, -0.25) is 9.69 Å². The van der Waals surface area contributed by atoms with Gasteiger partial charge in [0.05, 0.1) is 6.61 Å². The fraction of sp³-hybridized carbons (Fsp3) is 0.588. The van der Waals surface area contributed by atoms with Crippen LogP contribution in [-0.4, -0.2) is 61.1 Å². The monoisotopic (exact) mass is 377 g/mol. The zero-order valence-electron chi connectivity index (χ0n) is 14.2. The molecule has 0 saturated carbocycles. The normalized spacial score (nSPS) is 17.5. The molecular formula is C17H29Cl2N3O2. The van der Waals surface area contributed by atoms with E-state index < -0.39 is 0 Å². The van der Waals surface area contributed by atoms with Crippen LogP contribution in [0.4, 0.5) is 0 Å². The molecule has 7 heteroatoms. The molecule has 1 aliphatic heterocycles. The molecule has 0 radical (unpaired) electrons. The van der Waals surface area contributed by atoms with E-state index in [1.165, 1.54) is 0 Å². The van der Waals surface area contributed by atoms with E-state index in [0.29, 0.717) is 32.8 Å². The van der Waals surface area contributed by atoms with Crippen LogP contribution >= 0.6 is 24.8 Å². The molecule has 1 aromatic rings. The van der Waals surface area contributed by atoms with Crippen LogP contribution in [0.15, 0.2) is 30.3 Å². The molecule has 1 aliphatic rings.